The number of phenolic OH excluding ortho intramolecular Hbond substituents is 1. The molecule has 0 spiro atoms. The van der Waals surface area contributed by atoms with Crippen LogP contribution in [0.1, 0.15) is 40.7 Å². The van der Waals surface area contributed by atoms with Crippen LogP contribution in [0.5, 0.6) is 17.2 Å². The smallest absolute Gasteiger partial charge is 0.408 e. The molecule has 17 heteroatoms. The third-order valence-corrected chi connectivity index (χ3v) is 8.36. The zero-order valence-electron chi connectivity index (χ0n) is 24.0. The first-order valence-corrected chi connectivity index (χ1v) is 16.9. The fourth-order valence-electron chi connectivity index (χ4n) is 2.96. The molecule has 0 saturated carbocycles. The number of aliphatic hydroxyl groups is 1. The summed E-state index contributed by atoms with van der Waals surface area (Å²) in [5.74, 6) is -0.813. The number of phenols is 1. The van der Waals surface area contributed by atoms with Crippen LogP contribution in [0.3, 0.4) is 0 Å². The molecule has 0 aliphatic rings. The van der Waals surface area contributed by atoms with E-state index in [1.165, 1.54) is 6.92 Å². The van der Waals surface area contributed by atoms with E-state index in [2.05, 4.69) is 50.5 Å². The van der Waals surface area contributed by atoms with Crippen molar-refractivity contribution in [1.82, 2.24) is 5.32 Å². The SMILES string of the molecule is C.CC(=O)C(CO)NC(=O)OC(C)(C)C.NC(COC(=O)C(N)Cc1cc(I)c(Oc2cc(I)c(O)c(I)c2)c(I)c1)C(=O)O. The van der Waals surface area contributed by atoms with Gasteiger partial charge >= 0.3 is 18.0 Å². The number of aliphatic hydroxyl groups excluding tert-OH is 1. The Balaban J connectivity index is 0.00000109. The number of ketones is 1. The lowest BCUT2D eigenvalue weighted by atomic mass is 10.1. The number of esters is 1. The minimum absolute atomic E-state index is 0. The number of amides is 1. The number of benzene rings is 2. The Morgan fingerprint density at radius 1 is 0.933 bits per heavy atom. The summed E-state index contributed by atoms with van der Waals surface area (Å²) in [6, 6.07) is 4.06. The lowest BCUT2D eigenvalue weighted by Gasteiger charge is -2.21. The number of aliphatic carboxylic acids is 1. The number of hydrogen-bond acceptors (Lipinski definition) is 11. The number of Topliss-reactive ketones (excluding diaryl/α,β-unsaturated/α-hetero) is 1. The van der Waals surface area contributed by atoms with Crippen LogP contribution in [0.25, 0.3) is 0 Å². The van der Waals surface area contributed by atoms with E-state index in [0.29, 0.717) is 18.6 Å². The second-order valence-electron chi connectivity index (χ2n) is 10.1. The number of carbonyl (C=O) groups is 4. The minimum Gasteiger partial charge on any atom is -0.506 e. The monoisotopic (exact) mass is 1080 g/mol. The molecule has 3 atom stereocenters. The summed E-state index contributed by atoms with van der Waals surface area (Å²) >= 11 is 8.35. The average molecular weight is 1080 g/mol. The predicted molar refractivity (Wildman–Crippen MR) is 201 cm³/mol. The third kappa shape index (κ3) is 15.9. The van der Waals surface area contributed by atoms with Gasteiger partial charge in [-0.3, -0.25) is 14.4 Å². The van der Waals surface area contributed by atoms with Gasteiger partial charge in [-0.05, 0) is 154 Å². The lowest BCUT2D eigenvalue weighted by Crippen LogP contribution is -2.44. The number of nitrogens with two attached hydrogens (primary N) is 2. The molecule has 0 aliphatic heterocycles. The molecule has 0 fully saturated rings. The highest BCUT2D eigenvalue weighted by Crippen LogP contribution is 2.37. The van der Waals surface area contributed by atoms with Crippen LogP contribution < -0.4 is 21.5 Å². The van der Waals surface area contributed by atoms with Gasteiger partial charge in [0.25, 0.3) is 0 Å². The van der Waals surface area contributed by atoms with Gasteiger partial charge in [0.1, 0.15) is 41.8 Å². The summed E-state index contributed by atoms with van der Waals surface area (Å²) in [7, 11) is 0. The van der Waals surface area contributed by atoms with Gasteiger partial charge in [-0.1, -0.05) is 7.43 Å². The summed E-state index contributed by atoms with van der Waals surface area (Å²) in [4.78, 5) is 44.7. The van der Waals surface area contributed by atoms with Crippen molar-refractivity contribution in [2.45, 2.75) is 65.3 Å². The maximum atomic E-state index is 12.0. The van der Waals surface area contributed by atoms with Gasteiger partial charge in [-0.2, -0.15) is 0 Å². The zero-order chi connectivity index (χ0) is 33.9. The molecule has 0 bridgehead atoms. The summed E-state index contributed by atoms with van der Waals surface area (Å²) in [5, 5.41) is 29.7. The maximum Gasteiger partial charge on any atom is 0.408 e. The number of hydrogen-bond donors (Lipinski definition) is 6. The van der Waals surface area contributed by atoms with E-state index in [1.807, 2.05) is 57.3 Å². The molecule has 1 amide bonds. The van der Waals surface area contributed by atoms with Crippen LogP contribution in [0, 0.1) is 14.3 Å². The Morgan fingerprint density at radius 2 is 1.44 bits per heavy atom. The number of rotatable bonds is 11. The van der Waals surface area contributed by atoms with Gasteiger partial charge in [0, 0.05) is 0 Å². The zero-order valence-corrected chi connectivity index (χ0v) is 32.7. The largest absolute Gasteiger partial charge is 0.506 e. The van der Waals surface area contributed by atoms with Crippen LogP contribution in [-0.4, -0.2) is 76.1 Å². The number of halogens is 4. The first kappa shape index (κ1) is 43.7. The summed E-state index contributed by atoms with van der Waals surface area (Å²) in [6.45, 7) is 5.58. The molecule has 3 unspecified atom stereocenters. The van der Waals surface area contributed by atoms with Crippen molar-refractivity contribution in [2.24, 2.45) is 11.5 Å². The highest BCUT2D eigenvalue weighted by molar-refractivity contribution is 14.1. The fraction of sp³-hybridized carbons (Fsp3) is 0.429. The Hall–Kier alpha value is -1.28. The van der Waals surface area contributed by atoms with Gasteiger partial charge in [0.15, 0.2) is 11.5 Å². The van der Waals surface area contributed by atoms with Gasteiger partial charge < -0.3 is 46.3 Å². The Morgan fingerprint density at radius 3 is 1.87 bits per heavy atom. The molecule has 13 nitrogen and oxygen atoms in total. The molecule has 2 aromatic carbocycles. The number of alkyl carbamates (subject to hydrolysis) is 1. The molecule has 0 saturated heterocycles. The summed E-state index contributed by atoms with van der Waals surface area (Å²) in [5.41, 5.74) is 11.4. The van der Waals surface area contributed by atoms with Gasteiger partial charge in [-0.25, -0.2) is 4.79 Å². The van der Waals surface area contributed by atoms with E-state index in [4.69, 9.17) is 35.9 Å². The Kier molecular flexibility index (Phi) is 19.6. The van der Waals surface area contributed by atoms with Crippen LogP contribution >= 0.6 is 90.4 Å². The second-order valence-corrected chi connectivity index (χ2v) is 14.8. The molecule has 2 aromatic rings. The number of ether oxygens (including phenoxy) is 3. The minimum atomic E-state index is -1.29. The molecule has 2 rings (SSSR count). The van der Waals surface area contributed by atoms with E-state index in [-0.39, 0.29) is 25.4 Å². The van der Waals surface area contributed by atoms with E-state index < -0.39 is 55.0 Å². The van der Waals surface area contributed by atoms with Crippen LogP contribution in [0.4, 0.5) is 4.79 Å². The number of carboxylic acid groups (broad SMARTS) is 1. The van der Waals surface area contributed by atoms with Crippen molar-refractivity contribution in [3.8, 4) is 17.2 Å². The molecule has 45 heavy (non-hydrogen) atoms. The highest BCUT2D eigenvalue weighted by Gasteiger charge is 2.22. The van der Waals surface area contributed by atoms with Gasteiger partial charge in [0.2, 0.25) is 0 Å². The normalized spacial score (nSPS) is 12.7. The lowest BCUT2D eigenvalue weighted by molar-refractivity contribution is -0.149. The standard InChI is InChI=1S/C18H16I4N2O6.C9H17NO4.CH4/c19-9-4-8(5-10(20)15(9)25)30-16-11(21)1-7(2-12(16)22)3-13(23)18(28)29-6-14(24)17(26)27;1-6(12)7(5-11)10-8(13)14-9(2,3)4;/h1-2,4-5,13-14,25H,3,6,23-24H2,(H,26,27);7,11H,5H2,1-4H3,(H,10,13);1H4. The highest BCUT2D eigenvalue weighted by atomic mass is 127. The van der Waals surface area contributed by atoms with Crippen LogP contribution in [0.2, 0.25) is 0 Å². The van der Waals surface area contributed by atoms with Crippen molar-refractivity contribution in [3.05, 3.63) is 44.1 Å². The quantitative estimate of drug-likeness (QED) is 0.135. The number of carboxylic acids is 1. The van der Waals surface area contributed by atoms with Crippen LogP contribution in [-0.2, 0) is 30.3 Å². The molecule has 0 radical (unpaired) electrons. The molecule has 0 aromatic heterocycles. The van der Waals surface area contributed by atoms with E-state index in [0.717, 1.165) is 12.7 Å². The Labute approximate surface area is 316 Å². The van der Waals surface area contributed by atoms with E-state index >= 15 is 0 Å². The second kappa shape index (κ2) is 20.2. The average Bonchev–Trinajstić information content (AvgIpc) is 2.89. The molecule has 0 aliphatic carbocycles. The number of nitrogens with one attached hydrogen (secondary N) is 1. The van der Waals surface area contributed by atoms with E-state index in [1.54, 1.807) is 32.9 Å². The van der Waals surface area contributed by atoms with E-state index in [9.17, 15) is 24.3 Å². The molecule has 252 valence electrons. The third-order valence-electron chi connectivity index (χ3n) is 5.11. The van der Waals surface area contributed by atoms with Gasteiger partial charge in [0.05, 0.1) is 20.9 Å². The molecular weight excluding hydrogens is 1050 g/mol. The first-order valence-electron chi connectivity index (χ1n) is 12.6. The van der Waals surface area contributed by atoms with Crippen LogP contribution in [0.15, 0.2) is 24.3 Å². The number of aromatic hydroxyl groups is 1. The molecule has 8 N–H and O–H groups in total. The van der Waals surface area contributed by atoms with Crippen molar-refractivity contribution in [3.63, 3.8) is 0 Å². The predicted octanol–water partition coefficient (Wildman–Crippen LogP) is 4.52. The number of carbonyl (C=O) groups excluding carboxylic acids is 3. The first-order chi connectivity index (χ1) is 20.2. The van der Waals surface area contributed by atoms with Crippen molar-refractivity contribution in [1.29, 1.82) is 0 Å². The fourth-order valence-corrected chi connectivity index (χ4v) is 6.79. The van der Waals surface area contributed by atoms with Crippen molar-refractivity contribution in [2.75, 3.05) is 13.2 Å². The Bertz CT molecular complexity index is 1310. The van der Waals surface area contributed by atoms with Crippen molar-refractivity contribution >= 4 is 114 Å². The van der Waals surface area contributed by atoms with Crippen molar-refractivity contribution < 1.29 is 48.7 Å². The summed E-state index contributed by atoms with van der Waals surface area (Å²) in [6.07, 6.45) is -0.491. The topological polar surface area (TPSA) is 221 Å². The summed E-state index contributed by atoms with van der Waals surface area (Å²) < 4.78 is 18.8. The maximum absolute atomic E-state index is 12.0. The molecule has 0 heterocycles. The molecular formula is C28H37I4N3O10. The van der Waals surface area contributed by atoms with Gasteiger partial charge in [-0.15, -0.1) is 0 Å².